The number of methoxy groups -OCH3 is 1. The van der Waals surface area contributed by atoms with Gasteiger partial charge in [-0.1, -0.05) is 73.0 Å². The number of anilines is 1. The Morgan fingerprint density at radius 1 is 1.03 bits per heavy atom. The Kier molecular flexibility index (Phi) is 7.97. The van der Waals surface area contributed by atoms with Crippen LogP contribution in [0.25, 0.3) is 0 Å². The lowest BCUT2D eigenvalue weighted by Crippen LogP contribution is -2.13. The molecule has 152 valence electrons. The summed E-state index contributed by atoms with van der Waals surface area (Å²) in [7, 11) is 1.66. The van der Waals surface area contributed by atoms with E-state index in [1.54, 1.807) is 18.9 Å². The van der Waals surface area contributed by atoms with Crippen LogP contribution in [0.5, 0.6) is 5.75 Å². The van der Waals surface area contributed by atoms with E-state index in [1.807, 2.05) is 48.5 Å². The lowest BCUT2D eigenvalue weighted by atomic mass is 10.0. The van der Waals surface area contributed by atoms with Crippen LogP contribution in [0.1, 0.15) is 30.9 Å². The predicted octanol–water partition coefficient (Wildman–Crippen LogP) is 5.69. The van der Waals surface area contributed by atoms with E-state index >= 15 is 0 Å². The fourth-order valence-electron chi connectivity index (χ4n) is 2.46. The maximum absolute atomic E-state index is 12.2. The molecule has 1 N–H and O–H groups in total. The van der Waals surface area contributed by atoms with Gasteiger partial charge in [0, 0.05) is 11.4 Å². The van der Waals surface area contributed by atoms with Crippen LogP contribution < -0.4 is 10.1 Å². The number of hydrogen-bond acceptors (Lipinski definition) is 7. The van der Waals surface area contributed by atoms with Gasteiger partial charge in [-0.3, -0.25) is 4.79 Å². The van der Waals surface area contributed by atoms with Gasteiger partial charge in [-0.2, -0.15) is 0 Å². The molecule has 0 atom stereocenters. The molecule has 1 amide bonds. The molecule has 3 rings (SSSR count). The van der Waals surface area contributed by atoms with Gasteiger partial charge in [-0.05, 0) is 41.3 Å². The fraction of sp³-hybridized carbons (Fsp3) is 0.286. The molecular weight excluding hydrogens is 422 g/mol. The zero-order chi connectivity index (χ0) is 20.6. The van der Waals surface area contributed by atoms with Crippen molar-refractivity contribution in [3.05, 3.63) is 59.7 Å². The molecule has 0 aliphatic carbocycles. The molecule has 0 aliphatic heterocycles. The lowest BCUT2D eigenvalue weighted by Gasteiger charge is -2.08. The second-order valence-corrected chi connectivity index (χ2v) is 10.0. The number of aromatic nitrogens is 2. The van der Waals surface area contributed by atoms with Crippen molar-refractivity contribution in [1.29, 1.82) is 0 Å². The van der Waals surface area contributed by atoms with E-state index in [2.05, 4.69) is 29.4 Å². The summed E-state index contributed by atoms with van der Waals surface area (Å²) in [5.41, 5.74) is 3.27. The van der Waals surface area contributed by atoms with Crippen molar-refractivity contribution in [3.63, 3.8) is 0 Å². The summed E-state index contributed by atoms with van der Waals surface area (Å²) in [4.78, 5) is 12.2. The molecule has 0 aliphatic rings. The molecule has 29 heavy (non-hydrogen) atoms. The molecule has 3 aromatic rings. The number of nitrogens with zero attached hydrogens (tertiary/aromatic N) is 2. The third-order valence-corrected chi connectivity index (χ3v) is 7.36. The highest BCUT2D eigenvalue weighted by Crippen LogP contribution is 2.31. The van der Waals surface area contributed by atoms with Crippen LogP contribution in [0, 0.1) is 0 Å². The highest BCUT2D eigenvalue weighted by Gasteiger charge is 2.10. The zero-order valence-electron chi connectivity index (χ0n) is 16.5. The summed E-state index contributed by atoms with van der Waals surface area (Å²) in [6.07, 6.45) is 0. The molecule has 2 aromatic carbocycles. The topological polar surface area (TPSA) is 64.1 Å². The Bertz CT molecular complexity index is 925. The van der Waals surface area contributed by atoms with E-state index in [0.717, 1.165) is 25.9 Å². The Morgan fingerprint density at radius 2 is 1.69 bits per heavy atom. The molecular formula is C21H23N3O2S3. The van der Waals surface area contributed by atoms with Gasteiger partial charge in [0.05, 0.1) is 12.9 Å². The molecule has 0 unspecified atom stereocenters. The number of rotatable bonds is 9. The third-order valence-electron chi connectivity index (χ3n) is 4.10. The van der Waals surface area contributed by atoms with Gasteiger partial charge in [0.2, 0.25) is 5.91 Å². The smallest absolute Gasteiger partial charge is 0.234 e. The second-order valence-electron chi connectivity index (χ2n) is 6.58. The van der Waals surface area contributed by atoms with Gasteiger partial charge in [0.15, 0.2) is 8.68 Å². The Morgan fingerprint density at radius 3 is 2.31 bits per heavy atom. The predicted molar refractivity (Wildman–Crippen MR) is 122 cm³/mol. The Balaban J connectivity index is 1.43. The Labute approximate surface area is 183 Å². The van der Waals surface area contributed by atoms with E-state index in [1.165, 1.54) is 34.2 Å². The fourth-order valence-corrected chi connectivity index (χ4v) is 5.23. The molecule has 0 saturated carbocycles. The average molecular weight is 446 g/mol. The van der Waals surface area contributed by atoms with Crippen molar-refractivity contribution in [2.45, 2.75) is 34.2 Å². The van der Waals surface area contributed by atoms with Crippen LogP contribution >= 0.6 is 34.9 Å². The monoisotopic (exact) mass is 445 g/mol. The molecule has 1 heterocycles. The van der Waals surface area contributed by atoms with Crippen LogP contribution in [0.4, 0.5) is 5.69 Å². The van der Waals surface area contributed by atoms with Gasteiger partial charge in [-0.25, -0.2) is 0 Å². The first kappa shape index (κ1) is 21.7. The quantitative estimate of drug-likeness (QED) is 0.427. The van der Waals surface area contributed by atoms with E-state index in [0.29, 0.717) is 11.7 Å². The number of ether oxygens (including phenoxy) is 1. The maximum Gasteiger partial charge on any atom is 0.234 e. The van der Waals surface area contributed by atoms with Crippen molar-refractivity contribution in [3.8, 4) is 5.75 Å². The maximum atomic E-state index is 12.2. The highest BCUT2D eigenvalue weighted by molar-refractivity contribution is 8.03. The largest absolute Gasteiger partial charge is 0.497 e. The molecule has 5 nitrogen and oxygen atoms in total. The molecule has 0 radical (unpaired) electrons. The molecule has 0 saturated heterocycles. The summed E-state index contributed by atoms with van der Waals surface area (Å²) in [5.74, 6) is 2.40. The molecule has 0 fully saturated rings. The molecule has 1 aromatic heterocycles. The minimum Gasteiger partial charge on any atom is -0.497 e. The van der Waals surface area contributed by atoms with E-state index < -0.39 is 0 Å². The third kappa shape index (κ3) is 6.76. The van der Waals surface area contributed by atoms with Gasteiger partial charge < -0.3 is 10.1 Å². The zero-order valence-corrected chi connectivity index (χ0v) is 19.0. The molecule has 0 spiro atoms. The summed E-state index contributed by atoms with van der Waals surface area (Å²) >= 11 is 4.56. The summed E-state index contributed by atoms with van der Waals surface area (Å²) in [6, 6.07) is 16.0. The second kappa shape index (κ2) is 10.7. The summed E-state index contributed by atoms with van der Waals surface area (Å²) in [5, 5.41) is 11.3. The first-order chi connectivity index (χ1) is 14.0. The van der Waals surface area contributed by atoms with Gasteiger partial charge in [0.25, 0.3) is 0 Å². The first-order valence-corrected chi connectivity index (χ1v) is 11.9. The molecule has 8 heteroatoms. The van der Waals surface area contributed by atoms with Crippen LogP contribution in [-0.4, -0.2) is 29.0 Å². The normalized spacial score (nSPS) is 10.9. The van der Waals surface area contributed by atoms with Crippen LogP contribution in [0.3, 0.4) is 0 Å². The number of thioether (sulfide) groups is 2. The van der Waals surface area contributed by atoms with E-state index in [9.17, 15) is 4.79 Å². The SMILES string of the molecule is COc1ccc(CSc2nnc(SCC(=O)Nc3ccc(C(C)C)cc3)s2)cc1. The van der Waals surface area contributed by atoms with Crippen molar-refractivity contribution in [2.75, 3.05) is 18.2 Å². The van der Waals surface area contributed by atoms with Crippen molar-refractivity contribution < 1.29 is 9.53 Å². The first-order valence-electron chi connectivity index (χ1n) is 9.15. The standard InChI is InChI=1S/C21H23N3O2S3/c1-14(2)16-6-8-17(9-7-16)22-19(25)13-28-21-24-23-20(29-21)27-12-15-4-10-18(26-3)11-5-15/h4-11,14H,12-13H2,1-3H3,(H,22,25). The van der Waals surface area contributed by atoms with Crippen LogP contribution in [-0.2, 0) is 10.5 Å². The van der Waals surface area contributed by atoms with Gasteiger partial charge in [0.1, 0.15) is 5.75 Å². The van der Waals surface area contributed by atoms with E-state index in [4.69, 9.17) is 4.74 Å². The lowest BCUT2D eigenvalue weighted by molar-refractivity contribution is -0.113. The van der Waals surface area contributed by atoms with E-state index in [-0.39, 0.29) is 5.91 Å². The van der Waals surface area contributed by atoms with Crippen molar-refractivity contribution in [1.82, 2.24) is 10.2 Å². The number of hydrogen-bond donors (Lipinski definition) is 1. The van der Waals surface area contributed by atoms with Gasteiger partial charge in [-0.15, -0.1) is 10.2 Å². The van der Waals surface area contributed by atoms with Crippen molar-refractivity contribution in [2.24, 2.45) is 0 Å². The summed E-state index contributed by atoms with van der Waals surface area (Å²) < 4.78 is 6.87. The molecule has 0 bridgehead atoms. The van der Waals surface area contributed by atoms with Gasteiger partial charge >= 0.3 is 0 Å². The Hall–Kier alpha value is -2.03. The highest BCUT2D eigenvalue weighted by atomic mass is 32.2. The van der Waals surface area contributed by atoms with Crippen molar-refractivity contribution >= 4 is 46.5 Å². The minimum atomic E-state index is -0.0464. The van der Waals surface area contributed by atoms with Crippen LogP contribution in [0.2, 0.25) is 0 Å². The minimum absolute atomic E-state index is 0.0464. The number of carbonyl (C=O) groups is 1. The number of benzene rings is 2. The average Bonchev–Trinajstić information content (AvgIpc) is 3.19. The summed E-state index contributed by atoms with van der Waals surface area (Å²) in [6.45, 7) is 4.30. The number of amides is 1. The van der Waals surface area contributed by atoms with Crippen LogP contribution in [0.15, 0.2) is 57.2 Å². The number of nitrogens with one attached hydrogen (secondary N) is 1. The number of carbonyl (C=O) groups excluding carboxylic acids is 1.